The van der Waals surface area contributed by atoms with Gasteiger partial charge >= 0.3 is 19.8 Å². The third kappa shape index (κ3) is 8.83. The summed E-state index contributed by atoms with van der Waals surface area (Å²) in [6.45, 7) is -9.30. The Morgan fingerprint density at radius 1 is 0.879 bits per heavy atom. The molecule has 1 amide bonds. The van der Waals surface area contributed by atoms with Crippen molar-refractivity contribution in [3.8, 4) is 23.0 Å². The van der Waals surface area contributed by atoms with Crippen LogP contribution >= 0.6 is 0 Å². The second-order valence-electron chi connectivity index (χ2n) is 6.19. The number of carbonyl (C=O) groups is 1. The van der Waals surface area contributed by atoms with Crippen molar-refractivity contribution in [3.05, 3.63) is 53.6 Å². The maximum Gasteiger partial charge on any atom is 0.387 e. The van der Waals surface area contributed by atoms with Gasteiger partial charge in [0.15, 0.2) is 11.5 Å². The molecular formula is C21H19F6NO5. The minimum absolute atomic E-state index is 0.0241. The topological polar surface area (TPSA) is 66.0 Å². The van der Waals surface area contributed by atoms with Gasteiger partial charge in [0.25, 0.3) is 0 Å². The maximum atomic E-state index is 12.6. The Bertz CT molecular complexity index is 955. The summed E-state index contributed by atoms with van der Waals surface area (Å²) in [7, 11) is 1.30. The van der Waals surface area contributed by atoms with E-state index in [9.17, 15) is 31.1 Å². The normalized spacial score (nSPS) is 11.3. The van der Waals surface area contributed by atoms with Crippen molar-refractivity contribution in [2.75, 3.05) is 13.7 Å². The zero-order chi connectivity index (χ0) is 24.4. The molecular weight excluding hydrogens is 460 g/mol. The molecule has 1 N–H and O–H groups in total. The molecule has 0 aliphatic carbocycles. The lowest BCUT2D eigenvalue weighted by Crippen LogP contribution is -2.23. The van der Waals surface area contributed by atoms with Crippen LogP contribution in [-0.4, -0.2) is 39.4 Å². The van der Waals surface area contributed by atoms with E-state index >= 15 is 0 Å². The molecule has 0 atom stereocenters. The van der Waals surface area contributed by atoms with Crippen molar-refractivity contribution >= 4 is 12.0 Å². The predicted molar refractivity (Wildman–Crippen MR) is 105 cm³/mol. The van der Waals surface area contributed by atoms with Gasteiger partial charge in [-0.15, -0.1) is 0 Å². The molecule has 0 aliphatic heterocycles. The van der Waals surface area contributed by atoms with Crippen LogP contribution in [0.4, 0.5) is 26.3 Å². The fraction of sp³-hybridized carbons (Fsp3) is 0.286. The fourth-order valence-corrected chi connectivity index (χ4v) is 2.65. The molecule has 0 radical (unpaired) electrons. The summed E-state index contributed by atoms with van der Waals surface area (Å²) < 4.78 is 92.5. The van der Waals surface area contributed by atoms with Gasteiger partial charge in [-0.05, 0) is 42.3 Å². The number of amides is 1. The van der Waals surface area contributed by atoms with Gasteiger partial charge in [-0.2, -0.15) is 26.3 Å². The Kier molecular flexibility index (Phi) is 9.70. The van der Waals surface area contributed by atoms with Crippen molar-refractivity contribution in [3.63, 3.8) is 0 Å². The highest BCUT2D eigenvalue weighted by molar-refractivity contribution is 5.92. The first-order chi connectivity index (χ1) is 15.7. The van der Waals surface area contributed by atoms with Gasteiger partial charge in [0.05, 0.1) is 7.11 Å². The third-order valence-corrected chi connectivity index (χ3v) is 4.00. The average Bonchev–Trinajstić information content (AvgIpc) is 2.72. The van der Waals surface area contributed by atoms with E-state index in [0.717, 1.165) is 24.3 Å². The van der Waals surface area contributed by atoms with E-state index in [0.29, 0.717) is 5.56 Å². The highest BCUT2D eigenvalue weighted by Gasteiger charge is 2.13. The van der Waals surface area contributed by atoms with Crippen molar-refractivity contribution in [2.45, 2.75) is 26.3 Å². The summed E-state index contributed by atoms with van der Waals surface area (Å²) in [6.07, 6.45) is 2.45. The van der Waals surface area contributed by atoms with Gasteiger partial charge in [0.2, 0.25) is 5.91 Å². The van der Waals surface area contributed by atoms with Crippen LogP contribution in [-0.2, 0) is 11.2 Å². The molecule has 0 fully saturated rings. The van der Waals surface area contributed by atoms with E-state index in [-0.39, 0.29) is 30.0 Å². The molecule has 6 nitrogen and oxygen atoms in total. The molecule has 0 spiro atoms. The number of hydrogen-bond donors (Lipinski definition) is 1. The second-order valence-corrected chi connectivity index (χ2v) is 6.19. The summed E-state index contributed by atoms with van der Waals surface area (Å²) in [5.74, 6) is -1.47. The second kappa shape index (κ2) is 12.5. The molecule has 0 saturated carbocycles. The first kappa shape index (κ1) is 25.7. The van der Waals surface area contributed by atoms with Gasteiger partial charge in [0, 0.05) is 24.3 Å². The number of hydrogen-bond acceptors (Lipinski definition) is 5. The van der Waals surface area contributed by atoms with Crippen molar-refractivity contribution in [2.24, 2.45) is 0 Å². The van der Waals surface area contributed by atoms with Gasteiger partial charge in [-0.3, -0.25) is 4.79 Å². The molecule has 0 saturated heterocycles. The lowest BCUT2D eigenvalue weighted by Gasteiger charge is -2.12. The highest BCUT2D eigenvalue weighted by Crippen LogP contribution is 2.30. The quantitative estimate of drug-likeness (QED) is 0.348. The van der Waals surface area contributed by atoms with Crippen molar-refractivity contribution in [1.29, 1.82) is 0 Å². The number of ether oxygens (including phenoxy) is 4. The Labute approximate surface area is 184 Å². The van der Waals surface area contributed by atoms with E-state index < -0.39 is 37.2 Å². The van der Waals surface area contributed by atoms with Crippen LogP contribution in [0.15, 0.2) is 42.5 Å². The van der Waals surface area contributed by atoms with Crippen LogP contribution < -0.4 is 24.3 Å². The zero-order valence-corrected chi connectivity index (χ0v) is 17.1. The lowest BCUT2D eigenvalue weighted by atomic mass is 10.1. The number of rotatable bonds is 12. The standard InChI is InChI=1S/C21H19F6NO5/c1-30-15-6-2-12(10-17(15)33-21(26)27)8-9-28-18(29)7-4-13-3-5-14(31-19(22)23)11-16(13)32-20(24)25/h2-7,10-11,19-21H,8-9H2,1H3,(H,28,29)/b7-4+. The monoisotopic (exact) mass is 479 g/mol. The summed E-state index contributed by atoms with van der Waals surface area (Å²) in [6, 6.07) is 7.52. The summed E-state index contributed by atoms with van der Waals surface area (Å²) >= 11 is 0. The third-order valence-electron chi connectivity index (χ3n) is 4.00. The van der Waals surface area contributed by atoms with E-state index in [4.69, 9.17) is 4.74 Å². The largest absolute Gasteiger partial charge is 0.493 e. The van der Waals surface area contributed by atoms with Gasteiger partial charge in [0.1, 0.15) is 11.5 Å². The van der Waals surface area contributed by atoms with Crippen LogP contribution in [0.5, 0.6) is 23.0 Å². The molecule has 0 aromatic heterocycles. The lowest BCUT2D eigenvalue weighted by molar-refractivity contribution is -0.116. The Morgan fingerprint density at radius 2 is 1.55 bits per heavy atom. The number of carbonyl (C=O) groups excluding carboxylic acids is 1. The minimum Gasteiger partial charge on any atom is -0.493 e. The van der Waals surface area contributed by atoms with E-state index in [1.807, 2.05) is 0 Å². The highest BCUT2D eigenvalue weighted by atomic mass is 19.3. The summed E-state index contributed by atoms with van der Waals surface area (Å²) in [5.41, 5.74) is 0.606. The molecule has 0 unspecified atom stereocenters. The van der Waals surface area contributed by atoms with E-state index in [1.54, 1.807) is 6.07 Å². The molecule has 2 aromatic carbocycles. The van der Waals surface area contributed by atoms with Crippen LogP contribution in [0.3, 0.4) is 0 Å². The Morgan fingerprint density at radius 3 is 2.18 bits per heavy atom. The SMILES string of the molecule is COc1ccc(CCNC(=O)/C=C/c2ccc(OC(F)F)cc2OC(F)F)cc1OC(F)F. The molecule has 180 valence electrons. The number of nitrogens with one attached hydrogen (secondary N) is 1. The molecule has 2 rings (SSSR count). The smallest absolute Gasteiger partial charge is 0.387 e. The van der Waals surface area contributed by atoms with Crippen LogP contribution in [0.25, 0.3) is 6.08 Å². The molecule has 0 heterocycles. The summed E-state index contributed by atoms with van der Waals surface area (Å²) in [5, 5.41) is 2.53. The fourth-order valence-electron chi connectivity index (χ4n) is 2.65. The predicted octanol–water partition coefficient (Wildman–Crippen LogP) is 4.87. The van der Waals surface area contributed by atoms with E-state index in [2.05, 4.69) is 19.5 Å². The van der Waals surface area contributed by atoms with Crippen LogP contribution in [0.2, 0.25) is 0 Å². The van der Waals surface area contributed by atoms with Gasteiger partial charge in [-0.25, -0.2) is 0 Å². The molecule has 12 heteroatoms. The number of halogens is 6. The summed E-state index contributed by atoms with van der Waals surface area (Å²) in [4.78, 5) is 12.0. The number of alkyl halides is 6. The maximum absolute atomic E-state index is 12.6. The Balaban J connectivity index is 1.98. The van der Waals surface area contributed by atoms with Crippen molar-refractivity contribution < 1.29 is 50.1 Å². The molecule has 0 bridgehead atoms. The molecule has 2 aromatic rings. The Hall–Kier alpha value is -3.57. The zero-order valence-electron chi connectivity index (χ0n) is 17.1. The first-order valence-electron chi connectivity index (χ1n) is 9.29. The number of methoxy groups -OCH3 is 1. The van der Waals surface area contributed by atoms with Crippen LogP contribution in [0, 0.1) is 0 Å². The number of benzene rings is 2. The van der Waals surface area contributed by atoms with Crippen molar-refractivity contribution in [1.82, 2.24) is 5.32 Å². The van der Waals surface area contributed by atoms with Gasteiger partial charge in [-0.1, -0.05) is 6.07 Å². The molecule has 0 aliphatic rings. The van der Waals surface area contributed by atoms with Crippen LogP contribution in [0.1, 0.15) is 11.1 Å². The van der Waals surface area contributed by atoms with E-state index in [1.165, 1.54) is 25.3 Å². The van der Waals surface area contributed by atoms with Gasteiger partial charge < -0.3 is 24.3 Å². The first-order valence-corrected chi connectivity index (χ1v) is 9.29. The molecule has 33 heavy (non-hydrogen) atoms. The average molecular weight is 479 g/mol. The minimum atomic E-state index is -3.23.